The van der Waals surface area contributed by atoms with Gasteiger partial charge in [0.05, 0.1) is 25.5 Å². The van der Waals surface area contributed by atoms with Crippen molar-refractivity contribution in [3.05, 3.63) is 11.9 Å². The number of ether oxygens (including phenoxy) is 1. The van der Waals surface area contributed by atoms with Crippen molar-refractivity contribution in [2.75, 3.05) is 6.61 Å². The molecular formula is C14H24N4O4. The van der Waals surface area contributed by atoms with Crippen LogP contribution in [0.5, 0.6) is 0 Å². The third-order valence-electron chi connectivity index (χ3n) is 2.88. The molecule has 1 amide bonds. The molecule has 0 saturated carbocycles. The van der Waals surface area contributed by atoms with Crippen LogP contribution in [0.15, 0.2) is 6.20 Å². The first-order valence-electron chi connectivity index (χ1n) is 7.36. The van der Waals surface area contributed by atoms with Crippen LogP contribution < -0.4 is 5.32 Å². The summed E-state index contributed by atoms with van der Waals surface area (Å²) < 4.78 is 6.77. The first kappa shape index (κ1) is 18.1. The van der Waals surface area contributed by atoms with E-state index in [-0.39, 0.29) is 31.5 Å². The minimum absolute atomic E-state index is 0.135. The SMILES string of the molecule is CC(C)CC(C)OCCC(=O)NCc1cn(CC(=O)O)nn1. The number of nitrogens with one attached hydrogen (secondary N) is 1. The lowest BCUT2D eigenvalue weighted by atomic mass is 10.1. The Kier molecular flexibility index (Phi) is 7.51. The van der Waals surface area contributed by atoms with Crippen LogP contribution in [0.25, 0.3) is 0 Å². The van der Waals surface area contributed by atoms with Crippen molar-refractivity contribution < 1.29 is 19.4 Å². The van der Waals surface area contributed by atoms with Gasteiger partial charge in [0, 0.05) is 6.42 Å². The van der Waals surface area contributed by atoms with Crippen LogP contribution in [0.3, 0.4) is 0 Å². The molecule has 0 aliphatic carbocycles. The number of nitrogens with zero attached hydrogens (tertiary/aromatic N) is 3. The summed E-state index contributed by atoms with van der Waals surface area (Å²) in [6.45, 7) is 6.61. The van der Waals surface area contributed by atoms with Crippen LogP contribution in [0.2, 0.25) is 0 Å². The third kappa shape index (κ3) is 7.72. The molecule has 0 aliphatic rings. The smallest absolute Gasteiger partial charge is 0.325 e. The molecule has 0 aromatic carbocycles. The average Bonchev–Trinajstić information content (AvgIpc) is 2.82. The normalized spacial score (nSPS) is 12.4. The molecule has 1 unspecified atom stereocenters. The van der Waals surface area contributed by atoms with Gasteiger partial charge in [-0.25, -0.2) is 4.68 Å². The second-order valence-corrected chi connectivity index (χ2v) is 5.64. The predicted molar refractivity (Wildman–Crippen MR) is 79.0 cm³/mol. The molecule has 22 heavy (non-hydrogen) atoms. The number of aliphatic carboxylic acids is 1. The number of amides is 1. The second kappa shape index (κ2) is 9.14. The zero-order valence-corrected chi connectivity index (χ0v) is 13.3. The maximum Gasteiger partial charge on any atom is 0.325 e. The molecule has 1 heterocycles. The number of hydrogen-bond donors (Lipinski definition) is 2. The largest absolute Gasteiger partial charge is 0.480 e. The van der Waals surface area contributed by atoms with E-state index in [1.54, 1.807) is 0 Å². The summed E-state index contributed by atoms with van der Waals surface area (Å²) in [5.74, 6) is -0.560. The number of aromatic nitrogens is 3. The van der Waals surface area contributed by atoms with Gasteiger partial charge in [-0.05, 0) is 19.3 Å². The van der Waals surface area contributed by atoms with E-state index in [1.807, 2.05) is 6.92 Å². The van der Waals surface area contributed by atoms with E-state index in [0.29, 0.717) is 18.2 Å². The molecule has 1 rings (SSSR count). The van der Waals surface area contributed by atoms with E-state index in [1.165, 1.54) is 10.9 Å². The fourth-order valence-corrected chi connectivity index (χ4v) is 2.00. The Labute approximate surface area is 129 Å². The number of carboxylic acid groups (broad SMARTS) is 1. The van der Waals surface area contributed by atoms with Gasteiger partial charge in [-0.1, -0.05) is 19.1 Å². The summed E-state index contributed by atoms with van der Waals surface area (Å²) in [6.07, 6.45) is 2.89. The highest BCUT2D eigenvalue weighted by atomic mass is 16.5. The lowest BCUT2D eigenvalue weighted by Crippen LogP contribution is -2.25. The Morgan fingerprint density at radius 3 is 2.77 bits per heavy atom. The van der Waals surface area contributed by atoms with Crippen LogP contribution in [0.4, 0.5) is 0 Å². The van der Waals surface area contributed by atoms with Gasteiger partial charge in [0.25, 0.3) is 0 Å². The Hall–Kier alpha value is -1.96. The molecule has 1 atom stereocenters. The molecule has 0 aliphatic heterocycles. The van der Waals surface area contributed by atoms with E-state index in [0.717, 1.165) is 6.42 Å². The van der Waals surface area contributed by atoms with Crippen molar-refractivity contribution >= 4 is 11.9 Å². The van der Waals surface area contributed by atoms with Gasteiger partial charge < -0.3 is 15.2 Å². The van der Waals surface area contributed by atoms with Crippen molar-refractivity contribution in [1.82, 2.24) is 20.3 Å². The van der Waals surface area contributed by atoms with Gasteiger partial charge in [0.2, 0.25) is 5.91 Å². The molecule has 124 valence electrons. The molecule has 0 fully saturated rings. The predicted octanol–water partition coefficient (Wildman–Crippen LogP) is 0.820. The minimum atomic E-state index is -0.992. The van der Waals surface area contributed by atoms with E-state index in [9.17, 15) is 9.59 Å². The van der Waals surface area contributed by atoms with Crippen LogP contribution in [0.1, 0.15) is 39.3 Å². The Bertz CT molecular complexity index is 487. The summed E-state index contributed by atoms with van der Waals surface area (Å²) in [5.41, 5.74) is 0.517. The molecule has 0 bridgehead atoms. The second-order valence-electron chi connectivity index (χ2n) is 5.64. The van der Waals surface area contributed by atoms with Gasteiger partial charge in [0.15, 0.2) is 0 Å². The van der Waals surface area contributed by atoms with Gasteiger partial charge in [-0.15, -0.1) is 5.10 Å². The van der Waals surface area contributed by atoms with Crippen molar-refractivity contribution in [2.24, 2.45) is 5.92 Å². The van der Waals surface area contributed by atoms with Crippen molar-refractivity contribution in [3.8, 4) is 0 Å². The van der Waals surface area contributed by atoms with Crippen LogP contribution in [-0.4, -0.2) is 44.7 Å². The van der Waals surface area contributed by atoms with E-state index in [4.69, 9.17) is 9.84 Å². The number of carbonyl (C=O) groups is 2. The van der Waals surface area contributed by atoms with Crippen molar-refractivity contribution in [2.45, 2.75) is 52.8 Å². The minimum Gasteiger partial charge on any atom is -0.480 e. The molecule has 8 heteroatoms. The van der Waals surface area contributed by atoms with Gasteiger partial charge in [-0.2, -0.15) is 0 Å². The topological polar surface area (TPSA) is 106 Å². The molecule has 1 aromatic heterocycles. The summed E-state index contributed by atoms with van der Waals surface area (Å²) in [7, 11) is 0. The average molecular weight is 312 g/mol. The standard InChI is InChI=1S/C14H24N4O4/c1-10(2)6-11(3)22-5-4-13(19)15-7-12-8-18(17-16-12)9-14(20)21/h8,10-11H,4-7,9H2,1-3H3,(H,15,19)(H,20,21). The highest BCUT2D eigenvalue weighted by molar-refractivity contribution is 5.75. The van der Waals surface area contributed by atoms with Crippen LogP contribution in [-0.2, 0) is 27.4 Å². The Balaban J connectivity index is 2.20. The fraction of sp³-hybridized carbons (Fsp3) is 0.714. The van der Waals surface area contributed by atoms with Gasteiger partial charge in [-0.3, -0.25) is 9.59 Å². The first-order valence-corrected chi connectivity index (χ1v) is 7.36. The van der Waals surface area contributed by atoms with E-state index >= 15 is 0 Å². The van der Waals surface area contributed by atoms with Crippen LogP contribution in [0, 0.1) is 5.92 Å². The van der Waals surface area contributed by atoms with Gasteiger partial charge >= 0.3 is 5.97 Å². The van der Waals surface area contributed by atoms with E-state index < -0.39 is 5.97 Å². The monoisotopic (exact) mass is 312 g/mol. The fourth-order valence-electron chi connectivity index (χ4n) is 2.00. The zero-order chi connectivity index (χ0) is 16.5. The Morgan fingerprint density at radius 1 is 1.41 bits per heavy atom. The highest BCUT2D eigenvalue weighted by Gasteiger charge is 2.08. The van der Waals surface area contributed by atoms with Crippen LogP contribution >= 0.6 is 0 Å². The Morgan fingerprint density at radius 2 is 2.14 bits per heavy atom. The number of hydrogen-bond acceptors (Lipinski definition) is 5. The maximum atomic E-state index is 11.7. The highest BCUT2D eigenvalue weighted by Crippen LogP contribution is 2.07. The summed E-state index contributed by atoms with van der Waals surface area (Å²) in [5, 5.41) is 18.8. The van der Waals surface area contributed by atoms with E-state index in [2.05, 4.69) is 29.5 Å². The lowest BCUT2D eigenvalue weighted by molar-refractivity contribution is -0.138. The number of rotatable bonds is 10. The van der Waals surface area contributed by atoms with Gasteiger partial charge in [0.1, 0.15) is 12.2 Å². The molecule has 0 spiro atoms. The molecule has 2 N–H and O–H groups in total. The molecule has 8 nitrogen and oxygen atoms in total. The molecule has 0 saturated heterocycles. The third-order valence-corrected chi connectivity index (χ3v) is 2.88. The molecular weight excluding hydrogens is 288 g/mol. The zero-order valence-electron chi connectivity index (χ0n) is 13.3. The quantitative estimate of drug-likeness (QED) is 0.662. The molecule has 0 radical (unpaired) electrons. The summed E-state index contributed by atoms with van der Waals surface area (Å²) in [4.78, 5) is 22.2. The maximum absolute atomic E-state index is 11.7. The van der Waals surface area contributed by atoms with Crippen molar-refractivity contribution in [3.63, 3.8) is 0 Å². The number of carboxylic acids is 1. The first-order chi connectivity index (χ1) is 10.4. The number of carbonyl (C=O) groups excluding carboxylic acids is 1. The summed E-state index contributed by atoms with van der Waals surface area (Å²) >= 11 is 0. The molecule has 1 aromatic rings. The lowest BCUT2D eigenvalue weighted by Gasteiger charge is -2.14. The van der Waals surface area contributed by atoms with Crippen molar-refractivity contribution in [1.29, 1.82) is 0 Å². The summed E-state index contributed by atoms with van der Waals surface area (Å²) in [6, 6.07) is 0.